The van der Waals surface area contributed by atoms with Gasteiger partial charge in [0.15, 0.2) is 5.75 Å². The molecule has 3 aromatic rings. The predicted molar refractivity (Wildman–Crippen MR) is 156 cm³/mol. The molecule has 1 fully saturated rings. The second-order valence-electron chi connectivity index (χ2n) is 10.6. The molecule has 0 spiro atoms. The summed E-state index contributed by atoms with van der Waals surface area (Å²) in [6.07, 6.45) is 0.548. The number of nitrogens with zero attached hydrogens (tertiary/aromatic N) is 4. The molecule has 0 atom stereocenters. The van der Waals surface area contributed by atoms with Gasteiger partial charge in [-0.2, -0.15) is 5.26 Å². The molecule has 1 aliphatic heterocycles. The van der Waals surface area contributed by atoms with Gasteiger partial charge in [0.1, 0.15) is 17.6 Å². The Kier molecular flexibility index (Phi) is 9.09. The van der Waals surface area contributed by atoms with E-state index in [1.807, 2.05) is 24.3 Å². The number of piperazine rings is 1. The number of pyridine rings is 1. The smallest absolute Gasteiger partial charge is 0.410 e. The summed E-state index contributed by atoms with van der Waals surface area (Å²) < 4.78 is 5.40. The highest BCUT2D eigenvalue weighted by Gasteiger charge is 2.27. The van der Waals surface area contributed by atoms with Gasteiger partial charge in [-0.05, 0) is 30.3 Å². The molecule has 1 saturated heterocycles. The molecule has 1 aliphatic rings. The first-order valence-electron chi connectivity index (χ1n) is 13.4. The molecule has 210 valence electrons. The van der Waals surface area contributed by atoms with Gasteiger partial charge < -0.3 is 31.1 Å². The number of benzene rings is 2. The lowest BCUT2D eigenvalue weighted by atomic mass is 9.83. The SMILES string of the molecule is CCN1CCN(CC(C)(C)c2ccc(Nc3cc(NCc4ccccc4O)c(C#N)cn3)c(OC(N)=O)c2)CC1. The van der Waals surface area contributed by atoms with E-state index in [2.05, 4.69) is 52.3 Å². The first-order chi connectivity index (χ1) is 19.2. The van der Waals surface area contributed by atoms with Crippen molar-refractivity contribution in [2.24, 2.45) is 5.73 Å². The highest BCUT2D eigenvalue weighted by atomic mass is 16.5. The number of para-hydroxylation sites is 1. The second-order valence-corrected chi connectivity index (χ2v) is 10.6. The standard InChI is InChI=1S/C30H37N7O3/c1-4-36-11-13-37(14-12-36)20-30(2,3)23-9-10-24(27(15-23)40-29(32)39)35-28-16-25(22(17-31)19-34-28)33-18-21-7-5-6-8-26(21)38/h5-10,15-16,19,38H,4,11-14,18,20H2,1-3H3,(H2,32,39)(H2,33,34,35). The minimum Gasteiger partial charge on any atom is -0.508 e. The van der Waals surface area contributed by atoms with Gasteiger partial charge in [0.2, 0.25) is 0 Å². The summed E-state index contributed by atoms with van der Waals surface area (Å²) in [6.45, 7) is 13.0. The van der Waals surface area contributed by atoms with Crippen LogP contribution in [0.25, 0.3) is 0 Å². The molecule has 40 heavy (non-hydrogen) atoms. The summed E-state index contributed by atoms with van der Waals surface area (Å²) in [5.41, 5.74) is 8.33. The van der Waals surface area contributed by atoms with Crippen molar-refractivity contribution in [3.8, 4) is 17.6 Å². The third-order valence-corrected chi connectivity index (χ3v) is 7.25. The maximum absolute atomic E-state index is 11.8. The van der Waals surface area contributed by atoms with Gasteiger partial charge in [-0.1, -0.05) is 45.0 Å². The van der Waals surface area contributed by atoms with E-state index >= 15 is 0 Å². The molecular formula is C30H37N7O3. The summed E-state index contributed by atoms with van der Waals surface area (Å²) in [5, 5.41) is 26.0. The fourth-order valence-electron chi connectivity index (χ4n) is 4.90. The number of rotatable bonds is 10. The summed E-state index contributed by atoms with van der Waals surface area (Å²) in [7, 11) is 0. The van der Waals surface area contributed by atoms with Crippen molar-refractivity contribution in [2.75, 3.05) is 49.9 Å². The zero-order valence-electron chi connectivity index (χ0n) is 23.3. The molecule has 4 rings (SSSR count). The maximum Gasteiger partial charge on any atom is 0.410 e. The van der Waals surface area contributed by atoms with Crippen molar-refractivity contribution in [3.63, 3.8) is 0 Å². The second kappa shape index (κ2) is 12.7. The highest BCUT2D eigenvalue weighted by molar-refractivity contribution is 5.75. The summed E-state index contributed by atoms with van der Waals surface area (Å²) in [5.74, 6) is 0.901. The number of nitriles is 1. The number of aromatic hydroxyl groups is 1. The fraction of sp³-hybridized carbons (Fsp3) is 0.367. The number of hydrogen-bond donors (Lipinski definition) is 4. The Morgan fingerprint density at radius 1 is 1.12 bits per heavy atom. The molecule has 5 N–H and O–H groups in total. The zero-order chi connectivity index (χ0) is 28.7. The molecule has 0 aliphatic carbocycles. The Hall–Kier alpha value is -4.33. The molecule has 1 aromatic heterocycles. The van der Waals surface area contributed by atoms with E-state index in [4.69, 9.17) is 10.5 Å². The van der Waals surface area contributed by atoms with Crippen molar-refractivity contribution in [3.05, 3.63) is 71.4 Å². The van der Waals surface area contributed by atoms with E-state index in [0.717, 1.165) is 44.8 Å². The minimum atomic E-state index is -0.911. The monoisotopic (exact) mass is 543 g/mol. The maximum atomic E-state index is 11.8. The number of ether oxygens (including phenoxy) is 1. The largest absolute Gasteiger partial charge is 0.508 e. The van der Waals surface area contributed by atoms with E-state index in [9.17, 15) is 15.2 Å². The van der Waals surface area contributed by atoms with Gasteiger partial charge in [-0.15, -0.1) is 0 Å². The van der Waals surface area contributed by atoms with Crippen molar-refractivity contribution in [1.29, 1.82) is 5.26 Å². The molecule has 2 heterocycles. The Labute approximate surface area is 235 Å². The van der Waals surface area contributed by atoms with Crippen LogP contribution in [0.5, 0.6) is 11.5 Å². The average molecular weight is 544 g/mol. The Morgan fingerprint density at radius 2 is 1.85 bits per heavy atom. The summed E-state index contributed by atoms with van der Waals surface area (Å²) >= 11 is 0. The third-order valence-electron chi connectivity index (χ3n) is 7.25. The van der Waals surface area contributed by atoms with Gasteiger partial charge in [0.25, 0.3) is 0 Å². The number of nitrogens with one attached hydrogen (secondary N) is 2. The lowest BCUT2D eigenvalue weighted by Crippen LogP contribution is -2.49. The van der Waals surface area contributed by atoms with Crippen LogP contribution in [0.3, 0.4) is 0 Å². The Balaban J connectivity index is 1.53. The quantitative estimate of drug-likeness (QED) is 0.293. The number of aromatic nitrogens is 1. The molecule has 0 unspecified atom stereocenters. The number of phenols is 1. The van der Waals surface area contributed by atoms with Crippen LogP contribution < -0.4 is 21.1 Å². The van der Waals surface area contributed by atoms with Gasteiger partial charge in [-0.3, -0.25) is 4.90 Å². The normalized spacial score (nSPS) is 14.3. The molecule has 0 bridgehead atoms. The number of likely N-dealkylation sites (N-methyl/N-ethyl adjacent to an activating group) is 1. The van der Waals surface area contributed by atoms with Crippen LogP contribution in [0.2, 0.25) is 0 Å². The van der Waals surface area contributed by atoms with Crippen LogP contribution in [0.15, 0.2) is 54.7 Å². The predicted octanol–water partition coefficient (Wildman–Crippen LogP) is 4.39. The zero-order valence-corrected chi connectivity index (χ0v) is 23.3. The van der Waals surface area contributed by atoms with Crippen LogP contribution in [0.1, 0.15) is 37.5 Å². The molecular weight excluding hydrogens is 506 g/mol. The molecule has 10 nitrogen and oxygen atoms in total. The molecule has 10 heteroatoms. The highest BCUT2D eigenvalue weighted by Crippen LogP contribution is 2.35. The number of carbonyl (C=O) groups is 1. The van der Waals surface area contributed by atoms with E-state index < -0.39 is 6.09 Å². The first-order valence-corrected chi connectivity index (χ1v) is 13.4. The van der Waals surface area contributed by atoms with E-state index in [0.29, 0.717) is 40.6 Å². The van der Waals surface area contributed by atoms with Crippen LogP contribution in [-0.4, -0.2) is 65.3 Å². The first kappa shape index (κ1) is 28.7. The van der Waals surface area contributed by atoms with Crippen molar-refractivity contribution < 1.29 is 14.6 Å². The summed E-state index contributed by atoms with van der Waals surface area (Å²) in [4.78, 5) is 21.0. The number of amides is 1. The number of phenolic OH excluding ortho intramolecular Hbond substituents is 1. The van der Waals surface area contributed by atoms with Crippen LogP contribution in [-0.2, 0) is 12.0 Å². The van der Waals surface area contributed by atoms with Crippen molar-refractivity contribution >= 4 is 23.3 Å². The van der Waals surface area contributed by atoms with Gasteiger partial charge in [-0.25, -0.2) is 9.78 Å². The Morgan fingerprint density at radius 3 is 2.52 bits per heavy atom. The van der Waals surface area contributed by atoms with Crippen LogP contribution in [0.4, 0.5) is 22.0 Å². The van der Waals surface area contributed by atoms with Gasteiger partial charge >= 0.3 is 6.09 Å². The lowest BCUT2D eigenvalue weighted by Gasteiger charge is -2.39. The number of anilines is 3. The van der Waals surface area contributed by atoms with Crippen molar-refractivity contribution in [1.82, 2.24) is 14.8 Å². The van der Waals surface area contributed by atoms with E-state index in [1.165, 1.54) is 6.20 Å². The van der Waals surface area contributed by atoms with Crippen molar-refractivity contribution in [2.45, 2.75) is 32.7 Å². The van der Waals surface area contributed by atoms with Gasteiger partial charge in [0, 0.05) is 62.5 Å². The fourth-order valence-corrected chi connectivity index (χ4v) is 4.90. The van der Waals surface area contributed by atoms with E-state index in [1.54, 1.807) is 24.3 Å². The number of primary amides is 1. The van der Waals surface area contributed by atoms with E-state index in [-0.39, 0.29) is 11.2 Å². The van der Waals surface area contributed by atoms with Gasteiger partial charge in [0.05, 0.1) is 16.9 Å². The number of nitrogens with two attached hydrogens (primary N) is 1. The average Bonchev–Trinajstić information content (AvgIpc) is 2.93. The van der Waals surface area contributed by atoms with Crippen LogP contribution >= 0.6 is 0 Å². The Bertz CT molecular complexity index is 1380. The number of carbonyl (C=O) groups excluding carboxylic acids is 1. The third kappa shape index (κ3) is 7.20. The number of hydrogen-bond acceptors (Lipinski definition) is 9. The topological polar surface area (TPSA) is 140 Å². The molecule has 1 amide bonds. The summed E-state index contributed by atoms with van der Waals surface area (Å²) in [6, 6.07) is 16.5. The molecule has 2 aromatic carbocycles. The minimum absolute atomic E-state index is 0.167. The molecule has 0 radical (unpaired) electrons. The van der Waals surface area contributed by atoms with Crippen LogP contribution in [0, 0.1) is 11.3 Å². The molecule has 0 saturated carbocycles. The lowest BCUT2D eigenvalue weighted by molar-refractivity contribution is 0.119.